The zero-order valence-electron chi connectivity index (χ0n) is 16.6. The quantitative estimate of drug-likeness (QED) is 0.293. The summed E-state index contributed by atoms with van der Waals surface area (Å²) in [5.41, 5.74) is 3.19. The Kier molecular flexibility index (Phi) is 10.7. The Morgan fingerprint density at radius 1 is 1.12 bits per heavy atom. The molecule has 0 aliphatic rings. The Morgan fingerprint density at radius 3 is 2.19 bits per heavy atom. The van der Waals surface area contributed by atoms with Crippen molar-refractivity contribution in [3.8, 4) is 0 Å². The van der Waals surface area contributed by atoms with Crippen LogP contribution in [0.2, 0.25) is 0 Å². The van der Waals surface area contributed by atoms with Crippen molar-refractivity contribution in [3.05, 3.63) is 34.9 Å². The summed E-state index contributed by atoms with van der Waals surface area (Å²) in [5.74, 6) is 0.690. The van der Waals surface area contributed by atoms with Crippen LogP contribution in [-0.4, -0.2) is 45.8 Å². The van der Waals surface area contributed by atoms with E-state index in [1.165, 1.54) is 16.7 Å². The fourth-order valence-electron chi connectivity index (χ4n) is 2.69. The van der Waals surface area contributed by atoms with Crippen molar-refractivity contribution in [1.29, 1.82) is 0 Å². The summed E-state index contributed by atoms with van der Waals surface area (Å²) in [6.45, 7) is 11.7. The Balaban J connectivity index is 0.00000625. The number of hydrogen-bond acceptors (Lipinski definition) is 3. The molecule has 0 aliphatic heterocycles. The van der Waals surface area contributed by atoms with Crippen LogP contribution in [0, 0.1) is 13.8 Å². The van der Waals surface area contributed by atoms with Crippen LogP contribution >= 0.6 is 24.0 Å². The van der Waals surface area contributed by atoms with Crippen molar-refractivity contribution in [2.45, 2.75) is 46.6 Å². The molecule has 3 N–H and O–H groups in total. The monoisotopic (exact) mass is 496 g/mol. The largest absolute Gasteiger partial charge is 0.357 e. The van der Waals surface area contributed by atoms with E-state index in [-0.39, 0.29) is 24.0 Å². The second-order valence-corrected chi connectivity index (χ2v) is 8.87. The van der Waals surface area contributed by atoms with Gasteiger partial charge in [-0.25, -0.2) is 13.1 Å². The zero-order valence-corrected chi connectivity index (χ0v) is 19.8. The highest BCUT2D eigenvalue weighted by molar-refractivity contribution is 14.0. The Hall–Kier alpha value is -0.870. The molecule has 0 saturated heterocycles. The third-order valence-corrected chi connectivity index (χ3v) is 4.35. The molecule has 0 saturated carbocycles. The minimum absolute atomic E-state index is 0. The first-order valence-corrected chi connectivity index (χ1v) is 10.5. The molecule has 0 atom stereocenters. The van der Waals surface area contributed by atoms with Gasteiger partial charge in [0, 0.05) is 18.6 Å². The van der Waals surface area contributed by atoms with E-state index in [1.54, 1.807) is 0 Å². The number of aryl methyl sites for hydroxylation is 2. The molecule has 0 aliphatic carbocycles. The van der Waals surface area contributed by atoms with Crippen LogP contribution in [0.4, 0.5) is 0 Å². The van der Waals surface area contributed by atoms with Gasteiger partial charge in [0.05, 0.1) is 12.8 Å². The summed E-state index contributed by atoms with van der Waals surface area (Å²) in [6.07, 6.45) is 2.06. The van der Waals surface area contributed by atoms with E-state index in [2.05, 4.69) is 52.4 Å². The van der Waals surface area contributed by atoms with E-state index in [4.69, 9.17) is 0 Å². The second kappa shape index (κ2) is 11.1. The van der Waals surface area contributed by atoms with Gasteiger partial charge in [-0.05, 0) is 46.6 Å². The normalized spacial score (nSPS) is 12.5. The van der Waals surface area contributed by atoms with Gasteiger partial charge in [-0.15, -0.1) is 24.0 Å². The van der Waals surface area contributed by atoms with Gasteiger partial charge in [-0.1, -0.05) is 29.3 Å². The number of rotatable bonds is 8. The number of nitrogens with one attached hydrogen (secondary N) is 3. The van der Waals surface area contributed by atoms with Gasteiger partial charge >= 0.3 is 0 Å². The topological polar surface area (TPSA) is 82.6 Å². The lowest BCUT2D eigenvalue weighted by Crippen LogP contribution is -2.47. The van der Waals surface area contributed by atoms with E-state index in [0.29, 0.717) is 12.5 Å². The standard InChI is InChI=1S/C18H32N4O2S.HI/c1-7-19-17(21-13-18(4,5)22-25(6,23)24)20-9-8-16-11-14(2)10-15(3)12-16;/h10-12,22H,7-9,13H2,1-6H3,(H2,19,20,21);1H. The van der Waals surface area contributed by atoms with Gasteiger partial charge in [0.2, 0.25) is 10.0 Å². The van der Waals surface area contributed by atoms with E-state index >= 15 is 0 Å². The van der Waals surface area contributed by atoms with Crippen LogP contribution in [-0.2, 0) is 16.4 Å². The molecule has 6 nitrogen and oxygen atoms in total. The first-order chi connectivity index (χ1) is 11.5. The number of halogens is 1. The van der Waals surface area contributed by atoms with Crippen molar-refractivity contribution in [2.24, 2.45) is 4.99 Å². The molecule has 0 fully saturated rings. The summed E-state index contributed by atoms with van der Waals surface area (Å²) in [7, 11) is -3.26. The number of sulfonamides is 1. The molecule has 1 rings (SSSR count). The van der Waals surface area contributed by atoms with Gasteiger partial charge in [0.25, 0.3) is 0 Å². The molecule has 26 heavy (non-hydrogen) atoms. The van der Waals surface area contributed by atoms with Crippen molar-refractivity contribution < 1.29 is 8.42 Å². The Bertz CT molecular complexity index is 683. The summed E-state index contributed by atoms with van der Waals surface area (Å²) < 4.78 is 25.4. The van der Waals surface area contributed by atoms with Gasteiger partial charge in [0.1, 0.15) is 0 Å². The van der Waals surface area contributed by atoms with E-state index in [0.717, 1.165) is 25.8 Å². The van der Waals surface area contributed by atoms with Gasteiger partial charge in [0.15, 0.2) is 5.96 Å². The molecule has 0 amide bonds. The molecule has 0 heterocycles. The molecule has 1 aromatic carbocycles. The molecule has 0 unspecified atom stereocenters. The van der Waals surface area contributed by atoms with Crippen molar-refractivity contribution >= 4 is 40.0 Å². The summed E-state index contributed by atoms with van der Waals surface area (Å²) in [5, 5.41) is 6.49. The number of aliphatic imine (C=N–C) groups is 1. The molecule has 1 aromatic rings. The summed E-state index contributed by atoms with van der Waals surface area (Å²) in [6, 6.07) is 6.55. The average Bonchev–Trinajstić information content (AvgIpc) is 2.41. The zero-order chi connectivity index (χ0) is 19.1. The van der Waals surface area contributed by atoms with Crippen LogP contribution in [0.1, 0.15) is 37.5 Å². The lowest BCUT2D eigenvalue weighted by molar-refractivity contribution is 0.464. The SMILES string of the molecule is CCNC(=NCC(C)(C)NS(C)(=O)=O)NCCc1cc(C)cc(C)c1.I. The highest BCUT2D eigenvalue weighted by atomic mass is 127. The first kappa shape index (κ1) is 25.1. The van der Waals surface area contributed by atoms with Gasteiger partial charge in [-0.3, -0.25) is 4.99 Å². The van der Waals surface area contributed by atoms with Crippen molar-refractivity contribution in [2.75, 3.05) is 25.9 Å². The third kappa shape index (κ3) is 11.0. The number of nitrogens with zero attached hydrogens (tertiary/aromatic N) is 1. The predicted octanol–water partition coefficient (Wildman–Crippen LogP) is 2.35. The number of guanidine groups is 1. The van der Waals surface area contributed by atoms with Crippen LogP contribution in [0.3, 0.4) is 0 Å². The highest BCUT2D eigenvalue weighted by Gasteiger charge is 2.21. The molecule has 0 spiro atoms. The van der Waals surface area contributed by atoms with Gasteiger partial charge < -0.3 is 10.6 Å². The molecule has 0 bridgehead atoms. The Morgan fingerprint density at radius 2 is 1.69 bits per heavy atom. The molecular weight excluding hydrogens is 463 g/mol. The Labute approximate surface area is 175 Å². The molecule has 0 aromatic heterocycles. The van der Waals surface area contributed by atoms with E-state index in [1.807, 2.05) is 20.8 Å². The van der Waals surface area contributed by atoms with Crippen LogP contribution in [0.5, 0.6) is 0 Å². The smallest absolute Gasteiger partial charge is 0.209 e. The maximum absolute atomic E-state index is 11.4. The van der Waals surface area contributed by atoms with Crippen LogP contribution in [0.25, 0.3) is 0 Å². The minimum atomic E-state index is -3.26. The third-order valence-electron chi connectivity index (χ3n) is 3.43. The fourth-order valence-corrected chi connectivity index (χ4v) is 3.76. The number of hydrogen-bond donors (Lipinski definition) is 3. The van der Waals surface area contributed by atoms with Crippen LogP contribution < -0.4 is 15.4 Å². The second-order valence-electron chi connectivity index (χ2n) is 7.13. The predicted molar refractivity (Wildman–Crippen MR) is 121 cm³/mol. The van der Waals surface area contributed by atoms with Gasteiger partial charge in [-0.2, -0.15) is 0 Å². The minimum Gasteiger partial charge on any atom is -0.357 e. The van der Waals surface area contributed by atoms with Crippen molar-refractivity contribution in [1.82, 2.24) is 15.4 Å². The molecular formula is C18H33IN4O2S. The maximum atomic E-state index is 11.4. The summed E-state index contributed by atoms with van der Waals surface area (Å²) in [4.78, 5) is 4.50. The highest BCUT2D eigenvalue weighted by Crippen LogP contribution is 2.09. The van der Waals surface area contributed by atoms with E-state index in [9.17, 15) is 8.42 Å². The van der Waals surface area contributed by atoms with E-state index < -0.39 is 15.6 Å². The fraction of sp³-hybridized carbons (Fsp3) is 0.611. The lowest BCUT2D eigenvalue weighted by Gasteiger charge is -2.23. The lowest BCUT2D eigenvalue weighted by atomic mass is 10.1. The molecule has 0 radical (unpaired) electrons. The number of benzene rings is 1. The average molecular weight is 496 g/mol. The maximum Gasteiger partial charge on any atom is 0.209 e. The molecule has 8 heteroatoms. The molecule has 150 valence electrons. The summed E-state index contributed by atoms with van der Waals surface area (Å²) >= 11 is 0. The first-order valence-electron chi connectivity index (χ1n) is 8.59. The van der Waals surface area contributed by atoms with Crippen LogP contribution in [0.15, 0.2) is 23.2 Å². The van der Waals surface area contributed by atoms with Crippen molar-refractivity contribution in [3.63, 3.8) is 0 Å².